The highest BCUT2D eigenvalue weighted by atomic mass is 35.5. The van der Waals surface area contributed by atoms with Crippen molar-refractivity contribution in [2.75, 3.05) is 30.7 Å². The summed E-state index contributed by atoms with van der Waals surface area (Å²) in [5.74, 6) is -1.83. The molecule has 0 atom stereocenters. The molecule has 0 aliphatic carbocycles. The number of anilines is 1. The molecule has 33 heavy (non-hydrogen) atoms. The quantitative estimate of drug-likeness (QED) is 0.330. The molecule has 1 aliphatic rings. The minimum atomic E-state index is -5.08. The number of rotatable bonds is 6. The van der Waals surface area contributed by atoms with Crippen LogP contribution in [0, 0.1) is 0 Å². The van der Waals surface area contributed by atoms with Crippen LogP contribution in [-0.4, -0.2) is 48.7 Å². The number of amides is 2. The zero-order valence-electron chi connectivity index (χ0n) is 17.7. The van der Waals surface area contributed by atoms with Crippen molar-refractivity contribution in [3.8, 4) is 0 Å². The van der Waals surface area contributed by atoms with Gasteiger partial charge in [-0.15, -0.1) is 11.8 Å². The summed E-state index contributed by atoms with van der Waals surface area (Å²) >= 11 is 8.24. The molecule has 3 rings (SSSR count). The maximum Gasteiger partial charge on any atom is 0.490 e. The molecular formula is C22H25ClF3N3O3S. The van der Waals surface area contributed by atoms with Gasteiger partial charge < -0.3 is 21.1 Å². The van der Waals surface area contributed by atoms with Crippen molar-refractivity contribution in [2.45, 2.75) is 30.3 Å². The normalized spacial score (nSPS) is 13.1. The van der Waals surface area contributed by atoms with Crippen LogP contribution in [0.25, 0.3) is 0 Å². The van der Waals surface area contributed by atoms with Gasteiger partial charge in [-0.3, -0.25) is 0 Å². The third-order valence-electron chi connectivity index (χ3n) is 4.56. The minimum Gasteiger partial charge on any atom is -0.475 e. The molecule has 6 nitrogen and oxygen atoms in total. The molecule has 0 radical (unpaired) electrons. The van der Waals surface area contributed by atoms with E-state index in [4.69, 9.17) is 21.5 Å². The summed E-state index contributed by atoms with van der Waals surface area (Å²) < 4.78 is 31.7. The minimum absolute atomic E-state index is 0.168. The maximum atomic E-state index is 11.9. The Hall–Kier alpha value is -2.43. The van der Waals surface area contributed by atoms with E-state index in [2.05, 4.69) is 22.0 Å². The van der Waals surface area contributed by atoms with Gasteiger partial charge in [0.15, 0.2) is 0 Å². The summed E-state index contributed by atoms with van der Waals surface area (Å²) in [7, 11) is 0. The number of carbonyl (C=O) groups excluding carboxylic acids is 1. The molecule has 0 aromatic heterocycles. The molecule has 1 heterocycles. The van der Waals surface area contributed by atoms with E-state index in [9.17, 15) is 18.0 Å². The molecular weight excluding hydrogens is 479 g/mol. The maximum absolute atomic E-state index is 11.9. The van der Waals surface area contributed by atoms with Gasteiger partial charge >= 0.3 is 18.2 Å². The first-order valence-electron chi connectivity index (χ1n) is 10.2. The predicted octanol–water partition coefficient (Wildman–Crippen LogP) is 4.97. The molecule has 1 aliphatic heterocycles. The summed E-state index contributed by atoms with van der Waals surface area (Å²) in [4.78, 5) is 22.0. The molecule has 4 N–H and O–H groups in total. The third kappa shape index (κ3) is 9.53. The number of para-hydroxylation sites is 1. The van der Waals surface area contributed by atoms with E-state index in [1.54, 1.807) is 11.8 Å². The van der Waals surface area contributed by atoms with Crippen LogP contribution in [-0.2, 0) is 17.6 Å². The van der Waals surface area contributed by atoms with Gasteiger partial charge in [0, 0.05) is 17.1 Å². The largest absolute Gasteiger partial charge is 0.490 e. The lowest BCUT2D eigenvalue weighted by Crippen LogP contribution is -2.29. The fourth-order valence-corrected chi connectivity index (χ4v) is 4.46. The Balaban J connectivity index is 0.000000479. The van der Waals surface area contributed by atoms with Gasteiger partial charge in [-0.05, 0) is 67.4 Å². The fraction of sp³-hybridized carbons (Fsp3) is 0.364. The Morgan fingerprint density at radius 2 is 1.76 bits per heavy atom. The van der Waals surface area contributed by atoms with E-state index in [1.165, 1.54) is 16.0 Å². The molecule has 2 aromatic rings. The second-order valence-electron chi connectivity index (χ2n) is 7.02. The molecule has 180 valence electrons. The number of urea groups is 1. The summed E-state index contributed by atoms with van der Waals surface area (Å²) in [6.45, 7) is 2.67. The third-order valence-corrected chi connectivity index (χ3v) is 6.23. The van der Waals surface area contributed by atoms with Gasteiger partial charge in [0.05, 0.1) is 5.02 Å². The van der Waals surface area contributed by atoms with E-state index in [-0.39, 0.29) is 6.03 Å². The second-order valence-corrected chi connectivity index (χ2v) is 8.53. The molecule has 0 saturated heterocycles. The van der Waals surface area contributed by atoms with Crippen molar-refractivity contribution >= 4 is 41.1 Å². The van der Waals surface area contributed by atoms with Gasteiger partial charge in [0.25, 0.3) is 0 Å². The van der Waals surface area contributed by atoms with Crippen LogP contribution in [0.1, 0.15) is 17.5 Å². The molecule has 0 fully saturated rings. The number of carboxylic acids is 1. The van der Waals surface area contributed by atoms with E-state index in [0.29, 0.717) is 6.54 Å². The van der Waals surface area contributed by atoms with Crippen molar-refractivity contribution < 1.29 is 27.9 Å². The Morgan fingerprint density at radius 3 is 2.42 bits per heavy atom. The molecule has 11 heteroatoms. The smallest absolute Gasteiger partial charge is 0.475 e. The number of halogens is 4. The summed E-state index contributed by atoms with van der Waals surface area (Å²) in [6, 6.07) is 13.5. The molecule has 0 spiro atoms. The zero-order chi connectivity index (χ0) is 24.3. The number of nitrogens with one attached hydrogen (secondary N) is 3. The van der Waals surface area contributed by atoms with Gasteiger partial charge in [-0.1, -0.05) is 35.9 Å². The number of thioether (sulfide) groups is 1. The number of fused-ring (bicyclic) bond motifs is 1. The van der Waals surface area contributed by atoms with E-state index in [1.807, 2.05) is 36.4 Å². The second kappa shape index (κ2) is 13.3. The molecule has 0 bridgehead atoms. The van der Waals surface area contributed by atoms with Crippen LogP contribution in [0.3, 0.4) is 0 Å². The Morgan fingerprint density at radius 1 is 1.09 bits per heavy atom. The van der Waals surface area contributed by atoms with Crippen LogP contribution in [0.2, 0.25) is 5.02 Å². The van der Waals surface area contributed by atoms with Crippen LogP contribution < -0.4 is 16.0 Å². The average Bonchev–Trinajstić information content (AvgIpc) is 3.01. The Labute approximate surface area is 199 Å². The van der Waals surface area contributed by atoms with Crippen molar-refractivity contribution in [1.82, 2.24) is 10.6 Å². The first kappa shape index (κ1) is 26.8. The van der Waals surface area contributed by atoms with Crippen LogP contribution in [0.4, 0.5) is 23.7 Å². The first-order valence-corrected chi connectivity index (χ1v) is 11.6. The summed E-state index contributed by atoms with van der Waals surface area (Å²) in [6.07, 6.45) is -2.11. The number of carbonyl (C=O) groups is 2. The lowest BCUT2D eigenvalue weighted by Gasteiger charge is -2.14. The summed E-state index contributed by atoms with van der Waals surface area (Å²) in [5.41, 5.74) is 3.59. The van der Waals surface area contributed by atoms with E-state index >= 15 is 0 Å². The highest BCUT2D eigenvalue weighted by molar-refractivity contribution is 7.99. The van der Waals surface area contributed by atoms with Gasteiger partial charge in [-0.2, -0.15) is 13.2 Å². The van der Waals surface area contributed by atoms with Gasteiger partial charge in [0.1, 0.15) is 0 Å². The lowest BCUT2D eigenvalue weighted by molar-refractivity contribution is -0.192. The van der Waals surface area contributed by atoms with Gasteiger partial charge in [-0.25, -0.2) is 9.59 Å². The number of aliphatic carboxylic acids is 1. The van der Waals surface area contributed by atoms with Gasteiger partial charge in [0.2, 0.25) is 0 Å². The van der Waals surface area contributed by atoms with Crippen LogP contribution >= 0.6 is 23.4 Å². The monoisotopic (exact) mass is 503 g/mol. The van der Waals surface area contributed by atoms with Crippen molar-refractivity contribution in [3.63, 3.8) is 0 Å². The standard InChI is InChI=1S/C20H24ClN3OS.C2HF3O2/c21-18-8-7-15-9-12-22-13-10-17(15)19(18)26-14-4-11-23-20(25)24-16-5-2-1-3-6-16;3-2(4,5)1(6)7/h1-3,5-8,22H,4,9-14H2,(H2,23,24,25);(H,6,7). The number of hydrogen-bond donors (Lipinski definition) is 4. The van der Waals surface area contributed by atoms with E-state index < -0.39 is 12.1 Å². The number of alkyl halides is 3. The average molecular weight is 504 g/mol. The highest BCUT2D eigenvalue weighted by Crippen LogP contribution is 2.34. The first-order chi connectivity index (χ1) is 15.7. The number of carboxylic acid groups (broad SMARTS) is 1. The van der Waals surface area contributed by atoms with Crippen molar-refractivity contribution in [1.29, 1.82) is 0 Å². The molecule has 2 aromatic carbocycles. The lowest BCUT2D eigenvalue weighted by atomic mass is 10.0. The topological polar surface area (TPSA) is 90.5 Å². The predicted molar refractivity (Wildman–Crippen MR) is 124 cm³/mol. The number of benzene rings is 2. The molecule has 2 amide bonds. The zero-order valence-corrected chi connectivity index (χ0v) is 19.2. The van der Waals surface area contributed by atoms with Crippen LogP contribution in [0.5, 0.6) is 0 Å². The molecule has 0 saturated carbocycles. The SMILES string of the molecule is O=C(NCCCSc1c(Cl)ccc2c1CCNCC2)Nc1ccccc1.O=C(O)C(F)(F)F. The fourth-order valence-electron chi connectivity index (χ4n) is 3.01. The van der Waals surface area contributed by atoms with Crippen molar-refractivity contribution in [2.24, 2.45) is 0 Å². The van der Waals surface area contributed by atoms with Crippen molar-refractivity contribution in [3.05, 3.63) is 58.6 Å². The Kier molecular flexibility index (Phi) is 10.8. The number of hydrogen-bond acceptors (Lipinski definition) is 4. The van der Waals surface area contributed by atoms with E-state index in [0.717, 1.165) is 48.8 Å². The van der Waals surface area contributed by atoms with Crippen LogP contribution in [0.15, 0.2) is 47.4 Å². The summed E-state index contributed by atoms with van der Waals surface area (Å²) in [5, 5.41) is 17.1. The highest BCUT2D eigenvalue weighted by Gasteiger charge is 2.38. The Bertz CT molecular complexity index is 930. The molecule has 0 unspecified atom stereocenters.